The van der Waals surface area contributed by atoms with E-state index in [1.54, 1.807) is 35.3 Å². The first kappa shape index (κ1) is 15.0. The Balaban J connectivity index is 1.52. The van der Waals surface area contributed by atoms with E-state index in [0.29, 0.717) is 23.9 Å². The summed E-state index contributed by atoms with van der Waals surface area (Å²) in [5.41, 5.74) is 0.781. The maximum absolute atomic E-state index is 11.7. The lowest BCUT2D eigenvalue weighted by molar-refractivity contribution is 0.195. The molecule has 8 nitrogen and oxygen atoms in total. The highest BCUT2D eigenvalue weighted by atomic mass is 35.5. The van der Waals surface area contributed by atoms with Crippen molar-refractivity contribution in [1.29, 1.82) is 0 Å². The van der Waals surface area contributed by atoms with Gasteiger partial charge in [-0.05, 0) is 29.4 Å². The van der Waals surface area contributed by atoms with Crippen molar-refractivity contribution in [2.24, 2.45) is 0 Å². The van der Waals surface area contributed by atoms with Gasteiger partial charge in [0.05, 0.1) is 12.6 Å². The number of halogens is 1. The van der Waals surface area contributed by atoms with Crippen molar-refractivity contribution in [3.05, 3.63) is 48.0 Å². The summed E-state index contributed by atoms with van der Waals surface area (Å²) < 4.78 is 11.8. The number of hydrogen-bond acceptors (Lipinski definition) is 6. The Labute approximate surface area is 136 Å². The van der Waals surface area contributed by atoms with Gasteiger partial charge in [-0.1, -0.05) is 11.6 Å². The number of carbonyl (C=O) groups is 1. The van der Waals surface area contributed by atoms with Crippen molar-refractivity contribution in [2.75, 3.05) is 6.54 Å². The van der Waals surface area contributed by atoms with Crippen LogP contribution in [0, 0.1) is 0 Å². The maximum Gasteiger partial charge on any atom is 0.414 e. The highest BCUT2D eigenvalue weighted by Gasteiger charge is 2.11. The van der Waals surface area contributed by atoms with Crippen LogP contribution in [0.3, 0.4) is 0 Å². The van der Waals surface area contributed by atoms with Gasteiger partial charge in [-0.25, -0.2) is 9.78 Å². The zero-order valence-corrected chi connectivity index (χ0v) is 12.6. The highest BCUT2D eigenvalue weighted by Crippen LogP contribution is 2.24. The molecule has 3 rings (SSSR count). The number of nitrogens with one attached hydrogen (secondary N) is 1. The summed E-state index contributed by atoms with van der Waals surface area (Å²) in [6, 6.07) is 8.56. The van der Waals surface area contributed by atoms with Crippen LogP contribution in [0.25, 0.3) is 11.3 Å². The normalized spacial score (nSPS) is 10.5. The number of ether oxygens (including phenoxy) is 1. The molecule has 0 bridgehead atoms. The third kappa shape index (κ3) is 4.07. The van der Waals surface area contributed by atoms with Crippen LogP contribution in [-0.4, -0.2) is 32.6 Å². The van der Waals surface area contributed by atoms with Crippen LogP contribution in [-0.2, 0) is 6.54 Å². The van der Waals surface area contributed by atoms with Gasteiger partial charge in [0, 0.05) is 17.1 Å². The quantitative estimate of drug-likeness (QED) is 0.770. The second-order valence-corrected chi connectivity index (χ2v) is 4.95. The second-order valence-electron chi connectivity index (χ2n) is 4.51. The van der Waals surface area contributed by atoms with E-state index < -0.39 is 6.09 Å². The van der Waals surface area contributed by atoms with Crippen molar-refractivity contribution in [3.63, 3.8) is 0 Å². The topological polar surface area (TPSA) is 95.1 Å². The summed E-state index contributed by atoms with van der Waals surface area (Å²) in [5.74, 6) is 0.556. The molecule has 0 unspecified atom stereocenters. The SMILES string of the molecule is O=C(NCCn1cncn1)Oc1cc(-c2ccc(Cl)cc2)on1. The molecule has 0 aliphatic rings. The molecular formula is C14H12ClN5O3. The van der Waals surface area contributed by atoms with Gasteiger partial charge < -0.3 is 14.6 Å². The van der Waals surface area contributed by atoms with Crippen LogP contribution < -0.4 is 10.1 Å². The molecule has 1 amide bonds. The Morgan fingerprint density at radius 1 is 1.35 bits per heavy atom. The van der Waals surface area contributed by atoms with Crippen molar-refractivity contribution in [3.8, 4) is 17.2 Å². The van der Waals surface area contributed by atoms with Crippen LogP contribution in [0.1, 0.15) is 0 Å². The Kier molecular flexibility index (Phi) is 4.53. The average molecular weight is 334 g/mol. The molecule has 1 N–H and O–H groups in total. The Morgan fingerprint density at radius 2 is 2.17 bits per heavy atom. The van der Waals surface area contributed by atoms with Gasteiger partial charge in [-0.2, -0.15) is 5.10 Å². The standard InChI is InChI=1S/C14H12ClN5O3/c15-11-3-1-10(2-4-11)12-7-13(19-23-12)22-14(21)17-5-6-20-9-16-8-18-20/h1-4,7-9H,5-6H2,(H,17,21). The van der Waals surface area contributed by atoms with Gasteiger partial charge in [0.25, 0.3) is 5.88 Å². The molecule has 0 spiro atoms. The number of benzene rings is 1. The molecule has 1 aromatic carbocycles. The number of rotatable bonds is 5. The fourth-order valence-corrected chi connectivity index (χ4v) is 1.94. The molecule has 0 aliphatic heterocycles. The first-order valence-corrected chi connectivity index (χ1v) is 7.09. The number of hydrogen-bond donors (Lipinski definition) is 1. The molecule has 2 aromatic heterocycles. The number of carbonyl (C=O) groups excluding carboxylic acids is 1. The summed E-state index contributed by atoms with van der Waals surface area (Å²) in [6.45, 7) is 0.841. The lowest BCUT2D eigenvalue weighted by atomic mass is 10.2. The predicted molar refractivity (Wildman–Crippen MR) is 81.0 cm³/mol. The number of nitrogens with zero attached hydrogens (tertiary/aromatic N) is 4. The first-order chi connectivity index (χ1) is 11.2. The van der Waals surface area contributed by atoms with E-state index in [2.05, 4.69) is 20.6 Å². The van der Waals surface area contributed by atoms with Crippen molar-refractivity contribution in [1.82, 2.24) is 25.2 Å². The van der Waals surface area contributed by atoms with Gasteiger partial charge in [0.1, 0.15) is 12.7 Å². The fourth-order valence-electron chi connectivity index (χ4n) is 1.81. The van der Waals surface area contributed by atoms with Gasteiger partial charge in [-0.3, -0.25) is 4.68 Å². The predicted octanol–water partition coefficient (Wildman–Crippen LogP) is 2.38. The van der Waals surface area contributed by atoms with Crippen LogP contribution in [0.15, 0.2) is 47.5 Å². The van der Waals surface area contributed by atoms with Crippen molar-refractivity contribution >= 4 is 17.7 Å². The Morgan fingerprint density at radius 3 is 2.91 bits per heavy atom. The Bertz CT molecular complexity index is 770. The molecule has 23 heavy (non-hydrogen) atoms. The molecular weight excluding hydrogens is 322 g/mol. The summed E-state index contributed by atoms with van der Waals surface area (Å²) in [6.07, 6.45) is 2.36. The lowest BCUT2D eigenvalue weighted by Gasteiger charge is -2.03. The summed E-state index contributed by atoms with van der Waals surface area (Å²) in [4.78, 5) is 15.5. The number of aromatic nitrogens is 4. The Hall–Kier alpha value is -2.87. The largest absolute Gasteiger partial charge is 0.414 e. The zero-order valence-electron chi connectivity index (χ0n) is 11.8. The van der Waals surface area contributed by atoms with Gasteiger partial charge >= 0.3 is 6.09 Å². The molecule has 0 aliphatic carbocycles. The summed E-state index contributed by atoms with van der Waals surface area (Å²) in [5, 5.41) is 10.8. The van der Waals surface area contributed by atoms with E-state index in [-0.39, 0.29) is 5.88 Å². The molecule has 3 aromatic rings. The van der Waals surface area contributed by atoms with E-state index in [9.17, 15) is 4.79 Å². The molecule has 0 saturated heterocycles. The highest BCUT2D eigenvalue weighted by molar-refractivity contribution is 6.30. The molecule has 2 heterocycles. The minimum Gasteiger partial charge on any atom is -0.388 e. The maximum atomic E-state index is 11.7. The smallest absolute Gasteiger partial charge is 0.388 e. The van der Waals surface area contributed by atoms with E-state index in [0.717, 1.165) is 5.56 Å². The molecule has 0 fully saturated rings. The molecule has 9 heteroatoms. The summed E-state index contributed by atoms with van der Waals surface area (Å²) >= 11 is 5.82. The van der Waals surface area contributed by atoms with Gasteiger partial charge in [-0.15, -0.1) is 0 Å². The minimum absolute atomic E-state index is 0.0770. The van der Waals surface area contributed by atoms with E-state index in [1.165, 1.54) is 12.4 Å². The average Bonchev–Trinajstić information content (AvgIpc) is 3.20. The van der Waals surface area contributed by atoms with E-state index in [4.69, 9.17) is 20.9 Å². The van der Waals surface area contributed by atoms with Gasteiger partial charge in [0.2, 0.25) is 0 Å². The lowest BCUT2D eigenvalue weighted by Crippen LogP contribution is -2.30. The summed E-state index contributed by atoms with van der Waals surface area (Å²) in [7, 11) is 0. The van der Waals surface area contributed by atoms with Crippen molar-refractivity contribution < 1.29 is 14.1 Å². The van der Waals surface area contributed by atoms with Crippen molar-refractivity contribution in [2.45, 2.75) is 6.54 Å². The minimum atomic E-state index is -0.624. The van der Waals surface area contributed by atoms with Crippen LogP contribution in [0.5, 0.6) is 5.88 Å². The van der Waals surface area contributed by atoms with Crippen LogP contribution >= 0.6 is 11.6 Å². The van der Waals surface area contributed by atoms with Gasteiger partial charge in [0.15, 0.2) is 5.76 Å². The zero-order chi connectivity index (χ0) is 16.1. The molecule has 118 valence electrons. The number of amides is 1. The van der Waals surface area contributed by atoms with E-state index >= 15 is 0 Å². The third-order valence-corrected chi connectivity index (χ3v) is 3.14. The first-order valence-electron chi connectivity index (χ1n) is 6.71. The molecule has 0 atom stereocenters. The van der Waals surface area contributed by atoms with E-state index in [1.807, 2.05) is 0 Å². The second kappa shape index (κ2) is 6.93. The van der Waals surface area contributed by atoms with Crippen LogP contribution in [0.4, 0.5) is 4.79 Å². The monoisotopic (exact) mass is 333 g/mol. The molecule has 0 radical (unpaired) electrons. The van der Waals surface area contributed by atoms with Crippen LogP contribution in [0.2, 0.25) is 5.02 Å². The molecule has 0 saturated carbocycles. The third-order valence-electron chi connectivity index (χ3n) is 2.89. The fraction of sp³-hybridized carbons (Fsp3) is 0.143.